The summed E-state index contributed by atoms with van der Waals surface area (Å²) in [6.07, 6.45) is 6.52. The summed E-state index contributed by atoms with van der Waals surface area (Å²) in [5, 5.41) is 0. The largest absolute Gasteiger partial charge is 0.341 e. The van der Waals surface area contributed by atoms with E-state index in [1.807, 2.05) is 23.6 Å². The van der Waals surface area contributed by atoms with Gasteiger partial charge in [-0.1, -0.05) is 19.8 Å². The van der Waals surface area contributed by atoms with E-state index in [-0.39, 0.29) is 23.8 Å². The minimum atomic E-state index is -0.152. The molecule has 1 saturated carbocycles. The Kier molecular flexibility index (Phi) is 6.24. The van der Waals surface area contributed by atoms with Gasteiger partial charge in [-0.3, -0.25) is 9.59 Å². The third kappa shape index (κ3) is 4.45. The van der Waals surface area contributed by atoms with Crippen LogP contribution in [0.25, 0.3) is 0 Å². The van der Waals surface area contributed by atoms with E-state index in [2.05, 4.69) is 0 Å². The first-order chi connectivity index (χ1) is 10.5. The van der Waals surface area contributed by atoms with Crippen LogP contribution < -0.4 is 5.73 Å². The maximum Gasteiger partial charge on any atom is 0.227 e. The first-order valence-electron chi connectivity index (χ1n) is 8.81. The van der Waals surface area contributed by atoms with Gasteiger partial charge in [0.25, 0.3) is 0 Å². The maximum absolute atomic E-state index is 12.4. The molecule has 2 amide bonds. The summed E-state index contributed by atoms with van der Waals surface area (Å²) in [6.45, 7) is 6.60. The number of hydrogen-bond donors (Lipinski definition) is 1. The summed E-state index contributed by atoms with van der Waals surface area (Å²) < 4.78 is 0. The van der Waals surface area contributed by atoms with Crippen molar-refractivity contribution < 1.29 is 9.59 Å². The van der Waals surface area contributed by atoms with E-state index in [0.717, 1.165) is 19.5 Å². The lowest BCUT2D eigenvalue weighted by molar-refractivity contribution is -0.136. The average molecular weight is 309 g/mol. The Labute approximate surface area is 134 Å². The summed E-state index contributed by atoms with van der Waals surface area (Å²) in [5.74, 6) is 0.842. The van der Waals surface area contributed by atoms with Crippen LogP contribution >= 0.6 is 0 Å². The Morgan fingerprint density at radius 1 is 1.00 bits per heavy atom. The zero-order valence-corrected chi connectivity index (χ0v) is 14.1. The van der Waals surface area contributed by atoms with Crippen molar-refractivity contribution in [2.45, 2.75) is 58.4 Å². The third-order valence-electron chi connectivity index (χ3n) is 5.28. The fraction of sp³-hybridized carbons (Fsp3) is 0.882. The van der Waals surface area contributed by atoms with Gasteiger partial charge in [-0.05, 0) is 32.1 Å². The topological polar surface area (TPSA) is 66.6 Å². The highest BCUT2D eigenvalue weighted by molar-refractivity contribution is 5.80. The molecule has 1 aliphatic carbocycles. The molecule has 2 rings (SSSR count). The van der Waals surface area contributed by atoms with Crippen LogP contribution in [-0.2, 0) is 9.59 Å². The number of carbonyl (C=O) groups excluding carboxylic acids is 2. The highest BCUT2D eigenvalue weighted by Gasteiger charge is 2.27. The van der Waals surface area contributed by atoms with Crippen molar-refractivity contribution in [2.75, 3.05) is 26.2 Å². The molecule has 5 nitrogen and oxygen atoms in total. The third-order valence-corrected chi connectivity index (χ3v) is 5.28. The first kappa shape index (κ1) is 17.3. The number of hydrogen-bond acceptors (Lipinski definition) is 3. The number of nitrogens with zero attached hydrogens (tertiary/aromatic N) is 2. The van der Waals surface area contributed by atoms with Crippen molar-refractivity contribution in [3.05, 3.63) is 0 Å². The van der Waals surface area contributed by atoms with Crippen LogP contribution in [0.15, 0.2) is 0 Å². The van der Waals surface area contributed by atoms with Crippen molar-refractivity contribution in [2.24, 2.45) is 17.6 Å². The van der Waals surface area contributed by atoms with Crippen LogP contribution in [0.1, 0.15) is 52.4 Å². The number of rotatable bonds is 4. The predicted molar refractivity (Wildman–Crippen MR) is 87.2 cm³/mol. The Balaban J connectivity index is 1.83. The van der Waals surface area contributed by atoms with Crippen LogP contribution in [0.5, 0.6) is 0 Å². The molecular weight excluding hydrogens is 278 g/mol. The molecule has 2 aliphatic rings. The second kappa shape index (κ2) is 7.95. The van der Waals surface area contributed by atoms with Crippen molar-refractivity contribution in [3.63, 3.8) is 0 Å². The molecule has 1 heterocycles. The van der Waals surface area contributed by atoms with E-state index in [0.29, 0.717) is 25.4 Å². The predicted octanol–water partition coefficient (Wildman–Crippen LogP) is 1.61. The Hall–Kier alpha value is -1.10. The second-order valence-corrected chi connectivity index (χ2v) is 7.06. The summed E-state index contributed by atoms with van der Waals surface area (Å²) in [6, 6.07) is -0.129. The molecule has 5 heteroatoms. The van der Waals surface area contributed by atoms with E-state index < -0.39 is 0 Å². The van der Waals surface area contributed by atoms with Gasteiger partial charge in [0.1, 0.15) is 0 Å². The zero-order chi connectivity index (χ0) is 16.1. The molecule has 2 atom stereocenters. The molecule has 1 saturated heterocycles. The lowest BCUT2D eigenvalue weighted by Crippen LogP contribution is -2.43. The van der Waals surface area contributed by atoms with Gasteiger partial charge in [0.15, 0.2) is 0 Å². The second-order valence-electron chi connectivity index (χ2n) is 7.06. The minimum Gasteiger partial charge on any atom is -0.341 e. The van der Waals surface area contributed by atoms with Crippen LogP contribution in [-0.4, -0.2) is 53.8 Å². The molecule has 0 aromatic heterocycles. The standard InChI is InChI=1S/C17H31N3O2/c1-13(14(2)18)17(22)20-9-5-8-19(10-11-20)16(21)12-15-6-3-4-7-15/h13-15H,3-12,18H2,1-2H3. The van der Waals surface area contributed by atoms with Gasteiger partial charge in [0, 0.05) is 38.6 Å². The fourth-order valence-corrected chi connectivity index (χ4v) is 3.49. The SMILES string of the molecule is CC(N)C(C)C(=O)N1CCCN(C(=O)CC2CCCC2)CC1. The molecular formula is C17H31N3O2. The highest BCUT2D eigenvalue weighted by atomic mass is 16.2. The van der Waals surface area contributed by atoms with E-state index in [1.54, 1.807) is 0 Å². The van der Waals surface area contributed by atoms with E-state index in [1.165, 1.54) is 25.7 Å². The van der Waals surface area contributed by atoms with Crippen LogP contribution in [0.2, 0.25) is 0 Å². The number of nitrogens with two attached hydrogens (primary N) is 1. The Morgan fingerprint density at radius 2 is 1.59 bits per heavy atom. The molecule has 1 aliphatic heterocycles. The summed E-state index contributed by atoms with van der Waals surface area (Å²) >= 11 is 0. The van der Waals surface area contributed by atoms with Crippen LogP contribution in [0, 0.1) is 11.8 Å². The summed E-state index contributed by atoms with van der Waals surface area (Å²) in [4.78, 5) is 28.7. The lowest BCUT2D eigenvalue weighted by Gasteiger charge is -2.26. The Morgan fingerprint density at radius 3 is 2.23 bits per heavy atom. The first-order valence-corrected chi connectivity index (χ1v) is 8.81. The van der Waals surface area contributed by atoms with Gasteiger partial charge < -0.3 is 15.5 Å². The fourth-order valence-electron chi connectivity index (χ4n) is 3.49. The molecule has 22 heavy (non-hydrogen) atoms. The van der Waals surface area contributed by atoms with Gasteiger partial charge in [-0.25, -0.2) is 0 Å². The molecule has 0 aromatic rings. The molecule has 2 N–H and O–H groups in total. The molecule has 0 aromatic carbocycles. The Bertz CT molecular complexity index is 391. The molecule has 2 fully saturated rings. The maximum atomic E-state index is 12.4. The molecule has 0 radical (unpaired) electrons. The lowest BCUT2D eigenvalue weighted by atomic mass is 10.0. The van der Waals surface area contributed by atoms with Gasteiger partial charge in [0.05, 0.1) is 5.92 Å². The average Bonchev–Trinajstić information content (AvgIpc) is 2.87. The van der Waals surface area contributed by atoms with Gasteiger partial charge in [0.2, 0.25) is 11.8 Å². The van der Waals surface area contributed by atoms with Gasteiger partial charge >= 0.3 is 0 Å². The van der Waals surface area contributed by atoms with Gasteiger partial charge in [-0.15, -0.1) is 0 Å². The number of carbonyl (C=O) groups is 2. The van der Waals surface area contributed by atoms with E-state index in [9.17, 15) is 9.59 Å². The van der Waals surface area contributed by atoms with Crippen molar-refractivity contribution in [1.82, 2.24) is 9.80 Å². The van der Waals surface area contributed by atoms with Crippen LogP contribution in [0.4, 0.5) is 0 Å². The molecule has 0 spiro atoms. The van der Waals surface area contributed by atoms with E-state index in [4.69, 9.17) is 5.73 Å². The quantitative estimate of drug-likeness (QED) is 0.858. The van der Waals surface area contributed by atoms with Crippen molar-refractivity contribution >= 4 is 11.8 Å². The zero-order valence-electron chi connectivity index (χ0n) is 14.1. The van der Waals surface area contributed by atoms with Crippen molar-refractivity contribution in [1.29, 1.82) is 0 Å². The normalized spacial score (nSPS) is 23.2. The van der Waals surface area contributed by atoms with E-state index >= 15 is 0 Å². The van der Waals surface area contributed by atoms with Crippen molar-refractivity contribution in [3.8, 4) is 0 Å². The highest BCUT2D eigenvalue weighted by Crippen LogP contribution is 2.28. The minimum absolute atomic E-state index is 0.125. The molecule has 2 unspecified atom stereocenters. The summed E-state index contributed by atoms with van der Waals surface area (Å²) in [5.41, 5.74) is 5.84. The monoisotopic (exact) mass is 309 g/mol. The summed E-state index contributed by atoms with van der Waals surface area (Å²) in [7, 11) is 0. The molecule has 126 valence electrons. The van der Waals surface area contributed by atoms with Crippen LogP contribution in [0.3, 0.4) is 0 Å². The number of amides is 2. The van der Waals surface area contributed by atoms with Gasteiger partial charge in [-0.2, -0.15) is 0 Å². The smallest absolute Gasteiger partial charge is 0.227 e. The molecule has 0 bridgehead atoms.